The van der Waals surface area contributed by atoms with Crippen molar-refractivity contribution in [3.63, 3.8) is 0 Å². The average molecular weight is 344 g/mol. The summed E-state index contributed by atoms with van der Waals surface area (Å²) >= 11 is 9.17. The third kappa shape index (κ3) is 3.15. The molecule has 0 saturated carbocycles. The van der Waals surface area contributed by atoms with Gasteiger partial charge in [-0.05, 0) is 42.3 Å². The van der Waals surface area contributed by atoms with Crippen LogP contribution in [0.25, 0.3) is 0 Å². The van der Waals surface area contributed by atoms with Crippen molar-refractivity contribution in [2.24, 2.45) is 5.84 Å². The van der Waals surface area contributed by atoms with Gasteiger partial charge >= 0.3 is 0 Å². The van der Waals surface area contributed by atoms with Crippen LogP contribution in [0.5, 0.6) is 0 Å². The third-order valence-corrected chi connectivity index (χ3v) is 3.71. The number of aryl methyl sites for hydroxylation is 1. The van der Waals surface area contributed by atoms with Crippen LogP contribution in [0.15, 0.2) is 40.9 Å². The highest BCUT2D eigenvalue weighted by Gasteiger charge is 2.18. The lowest BCUT2D eigenvalue weighted by molar-refractivity contribution is 0.559. The molecule has 0 amide bonds. The van der Waals surface area contributed by atoms with Crippen molar-refractivity contribution in [2.75, 3.05) is 0 Å². The first kappa shape index (κ1) is 14.5. The van der Waals surface area contributed by atoms with Crippen LogP contribution in [-0.2, 0) is 0 Å². The maximum Gasteiger partial charge on any atom is 0.129 e. The lowest BCUT2D eigenvalue weighted by atomic mass is 9.95. The number of hydrazine groups is 1. The van der Waals surface area contributed by atoms with Gasteiger partial charge in [-0.3, -0.25) is 5.84 Å². The normalized spacial score (nSPS) is 12.5. The smallest absolute Gasteiger partial charge is 0.129 e. The summed E-state index contributed by atoms with van der Waals surface area (Å²) in [4.78, 5) is 0. The monoisotopic (exact) mass is 342 g/mol. The molecule has 2 aromatic carbocycles. The highest BCUT2D eigenvalue weighted by Crippen LogP contribution is 2.29. The van der Waals surface area contributed by atoms with E-state index >= 15 is 0 Å². The predicted molar refractivity (Wildman–Crippen MR) is 79.5 cm³/mol. The summed E-state index contributed by atoms with van der Waals surface area (Å²) in [5, 5.41) is 0.365. The van der Waals surface area contributed by atoms with E-state index in [0.717, 1.165) is 15.6 Å². The zero-order valence-electron chi connectivity index (χ0n) is 10.3. The van der Waals surface area contributed by atoms with Gasteiger partial charge in [0.15, 0.2) is 0 Å². The molecule has 0 saturated heterocycles. The zero-order chi connectivity index (χ0) is 14.0. The number of benzene rings is 2. The minimum Gasteiger partial charge on any atom is -0.271 e. The third-order valence-electron chi connectivity index (χ3n) is 2.98. The van der Waals surface area contributed by atoms with Gasteiger partial charge in [-0.2, -0.15) is 0 Å². The first-order valence-corrected chi connectivity index (χ1v) is 6.87. The molecule has 0 bridgehead atoms. The topological polar surface area (TPSA) is 38.0 Å². The SMILES string of the molecule is Cc1cc(Br)ccc1C(NN)c1ccc(Cl)cc1F. The van der Waals surface area contributed by atoms with Crippen LogP contribution in [0.3, 0.4) is 0 Å². The molecule has 0 spiro atoms. The van der Waals surface area contributed by atoms with Crippen LogP contribution in [-0.4, -0.2) is 0 Å². The summed E-state index contributed by atoms with van der Waals surface area (Å²) in [6.07, 6.45) is 0. The Morgan fingerprint density at radius 3 is 2.47 bits per heavy atom. The van der Waals surface area contributed by atoms with E-state index in [1.165, 1.54) is 6.07 Å². The quantitative estimate of drug-likeness (QED) is 0.650. The maximum atomic E-state index is 14.0. The first-order valence-electron chi connectivity index (χ1n) is 5.70. The second kappa shape index (κ2) is 6.01. The largest absolute Gasteiger partial charge is 0.271 e. The van der Waals surface area contributed by atoms with E-state index in [1.807, 2.05) is 25.1 Å². The van der Waals surface area contributed by atoms with Crippen LogP contribution in [0.2, 0.25) is 5.02 Å². The molecule has 0 heterocycles. The fraction of sp³-hybridized carbons (Fsp3) is 0.143. The minimum absolute atomic E-state index is 0.365. The number of rotatable bonds is 3. The highest BCUT2D eigenvalue weighted by molar-refractivity contribution is 9.10. The van der Waals surface area contributed by atoms with Gasteiger partial charge in [0.05, 0.1) is 6.04 Å². The summed E-state index contributed by atoms with van der Waals surface area (Å²) < 4.78 is 15.0. The lowest BCUT2D eigenvalue weighted by Crippen LogP contribution is -2.30. The molecule has 2 nitrogen and oxygen atoms in total. The second-order valence-corrected chi connectivity index (χ2v) is 5.62. The van der Waals surface area contributed by atoms with E-state index in [4.69, 9.17) is 17.4 Å². The van der Waals surface area contributed by atoms with Crippen LogP contribution in [0, 0.1) is 12.7 Å². The number of nitrogens with one attached hydrogen (secondary N) is 1. The number of halogens is 3. The average Bonchev–Trinajstić information content (AvgIpc) is 2.34. The molecule has 0 radical (unpaired) electrons. The summed E-state index contributed by atoms with van der Waals surface area (Å²) in [5.41, 5.74) is 5.07. The minimum atomic E-state index is -0.412. The van der Waals surface area contributed by atoms with Crippen molar-refractivity contribution >= 4 is 27.5 Å². The van der Waals surface area contributed by atoms with Gasteiger partial charge in [0.25, 0.3) is 0 Å². The van der Waals surface area contributed by atoms with E-state index in [-0.39, 0.29) is 5.82 Å². The Bertz CT molecular complexity index is 552. The summed E-state index contributed by atoms with van der Waals surface area (Å²) in [5.74, 6) is 5.21. The molecule has 100 valence electrons. The van der Waals surface area contributed by atoms with Crippen molar-refractivity contribution in [3.8, 4) is 0 Å². The Labute approximate surface area is 124 Å². The molecule has 0 aliphatic carbocycles. The number of nitrogens with two attached hydrogens (primary N) is 1. The van der Waals surface area contributed by atoms with Gasteiger partial charge in [-0.25, -0.2) is 9.82 Å². The van der Waals surface area contributed by atoms with Crippen molar-refractivity contribution in [2.45, 2.75) is 13.0 Å². The number of hydrogen-bond donors (Lipinski definition) is 2. The van der Waals surface area contributed by atoms with Crippen molar-refractivity contribution in [1.82, 2.24) is 5.43 Å². The molecule has 0 fully saturated rings. The van der Waals surface area contributed by atoms with Crippen LogP contribution in [0.1, 0.15) is 22.7 Å². The molecule has 19 heavy (non-hydrogen) atoms. The van der Waals surface area contributed by atoms with E-state index in [9.17, 15) is 4.39 Å². The summed E-state index contributed by atoms with van der Waals surface area (Å²) in [6, 6.07) is 9.95. The van der Waals surface area contributed by atoms with Gasteiger partial charge in [0, 0.05) is 15.1 Å². The molecule has 1 unspecified atom stereocenters. The molecule has 2 aromatic rings. The number of hydrogen-bond acceptors (Lipinski definition) is 2. The van der Waals surface area contributed by atoms with E-state index in [1.54, 1.807) is 12.1 Å². The van der Waals surface area contributed by atoms with E-state index in [0.29, 0.717) is 10.6 Å². The fourth-order valence-electron chi connectivity index (χ4n) is 2.05. The highest BCUT2D eigenvalue weighted by atomic mass is 79.9. The van der Waals surface area contributed by atoms with Gasteiger partial charge < -0.3 is 0 Å². The molecule has 0 aliphatic heterocycles. The molecular formula is C14H13BrClFN2. The van der Waals surface area contributed by atoms with Gasteiger partial charge in [-0.15, -0.1) is 0 Å². The molecule has 1 atom stereocenters. The maximum absolute atomic E-state index is 14.0. The Balaban J connectivity index is 2.50. The van der Waals surface area contributed by atoms with Crippen LogP contribution in [0.4, 0.5) is 4.39 Å². The van der Waals surface area contributed by atoms with Crippen molar-refractivity contribution in [1.29, 1.82) is 0 Å². The van der Waals surface area contributed by atoms with E-state index in [2.05, 4.69) is 21.4 Å². The Morgan fingerprint density at radius 2 is 1.89 bits per heavy atom. The zero-order valence-corrected chi connectivity index (χ0v) is 12.6. The van der Waals surface area contributed by atoms with Gasteiger partial charge in [0.1, 0.15) is 5.82 Å². The standard InChI is InChI=1S/C14H13BrClFN2/c1-8-6-9(15)2-4-11(8)14(19-18)12-5-3-10(16)7-13(12)17/h2-7,14,19H,18H2,1H3. The predicted octanol–water partition coefficient (Wildman–Crippen LogP) is 4.10. The molecule has 2 rings (SSSR count). The van der Waals surface area contributed by atoms with Gasteiger partial charge in [0.2, 0.25) is 0 Å². The summed E-state index contributed by atoms with van der Waals surface area (Å²) in [6.45, 7) is 1.96. The van der Waals surface area contributed by atoms with Crippen LogP contribution < -0.4 is 11.3 Å². The van der Waals surface area contributed by atoms with Crippen molar-refractivity contribution in [3.05, 3.63) is 68.4 Å². The first-order chi connectivity index (χ1) is 9.02. The fourth-order valence-corrected chi connectivity index (χ4v) is 2.68. The van der Waals surface area contributed by atoms with Gasteiger partial charge in [-0.1, -0.05) is 39.7 Å². The second-order valence-electron chi connectivity index (χ2n) is 4.27. The molecule has 0 aromatic heterocycles. The molecule has 3 N–H and O–H groups in total. The Kier molecular flexibility index (Phi) is 4.58. The lowest BCUT2D eigenvalue weighted by Gasteiger charge is -2.20. The summed E-state index contributed by atoms with van der Waals surface area (Å²) in [7, 11) is 0. The van der Waals surface area contributed by atoms with Crippen LogP contribution >= 0.6 is 27.5 Å². The molecule has 0 aliphatic rings. The Morgan fingerprint density at radius 1 is 1.21 bits per heavy atom. The molecular weight excluding hydrogens is 331 g/mol. The molecule has 5 heteroatoms. The van der Waals surface area contributed by atoms with E-state index < -0.39 is 6.04 Å². The Hall–Kier alpha value is -0.940. The van der Waals surface area contributed by atoms with Crippen molar-refractivity contribution < 1.29 is 4.39 Å².